The van der Waals surface area contributed by atoms with E-state index in [9.17, 15) is 27.6 Å². The quantitative estimate of drug-likeness (QED) is 0.267. The molecule has 2 aromatic carbocycles. The van der Waals surface area contributed by atoms with E-state index in [2.05, 4.69) is 9.97 Å². The molecule has 3 heterocycles. The van der Waals surface area contributed by atoms with Crippen molar-refractivity contribution >= 4 is 40.0 Å². The minimum Gasteiger partial charge on any atom is -0.494 e. The summed E-state index contributed by atoms with van der Waals surface area (Å²) in [4.78, 5) is 47.7. The van der Waals surface area contributed by atoms with Crippen LogP contribution in [0, 0.1) is 0 Å². The summed E-state index contributed by atoms with van der Waals surface area (Å²) >= 11 is 1.02. The molecule has 0 unspecified atom stereocenters. The van der Waals surface area contributed by atoms with Crippen LogP contribution >= 0.6 is 11.3 Å². The number of nitrogens with zero attached hydrogens (tertiary/aromatic N) is 3. The number of alkyl halides is 3. The second-order valence-corrected chi connectivity index (χ2v) is 9.01. The lowest BCUT2D eigenvalue weighted by Crippen LogP contribution is -2.29. The number of benzene rings is 2. The highest BCUT2D eigenvalue weighted by Gasteiger charge is 2.37. The van der Waals surface area contributed by atoms with Gasteiger partial charge in [-0.15, -0.1) is 11.3 Å². The number of thiazole rings is 1. The molecule has 5 rings (SSSR count). The SMILES string of the molecule is COC(=O)c1nc(-c2ccc(OC)c3nc(C(F)(F)F)ccc23)sc1CN1C(=O)c2ccccc2C1=O. The van der Waals surface area contributed by atoms with E-state index in [0.29, 0.717) is 10.9 Å². The minimum atomic E-state index is -4.66. The normalized spacial score (nSPS) is 13.3. The van der Waals surface area contributed by atoms with E-state index >= 15 is 0 Å². The number of carbonyl (C=O) groups excluding carboxylic acids is 3. The number of halogens is 3. The second-order valence-electron chi connectivity index (χ2n) is 7.93. The molecule has 0 fully saturated rings. The highest BCUT2D eigenvalue weighted by Crippen LogP contribution is 2.39. The first-order chi connectivity index (χ1) is 17.6. The Morgan fingerprint density at radius 3 is 2.22 bits per heavy atom. The summed E-state index contributed by atoms with van der Waals surface area (Å²) < 4.78 is 49.9. The highest BCUT2D eigenvalue weighted by atomic mass is 32.1. The van der Waals surface area contributed by atoms with E-state index in [1.54, 1.807) is 30.3 Å². The van der Waals surface area contributed by atoms with Crippen LogP contribution in [0.2, 0.25) is 0 Å². The van der Waals surface area contributed by atoms with Gasteiger partial charge in [-0.05, 0) is 36.4 Å². The number of methoxy groups -OCH3 is 2. The number of pyridine rings is 1. The van der Waals surface area contributed by atoms with E-state index in [1.807, 2.05) is 0 Å². The highest BCUT2D eigenvalue weighted by molar-refractivity contribution is 7.15. The summed E-state index contributed by atoms with van der Waals surface area (Å²) in [6.07, 6.45) is -4.66. The van der Waals surface area contributed by atoms with Gasteiger partial charge in [-0.3, -0.25) is 14.5 Å². The maximum absolute atomic E-state index is 13.3. The Bertz CT molecular complexity index is 1560. The van der Waals surface area contributed by atoms with Crippen molar-refractivity contribution in [1.82, 2.24) is 14.9 Å². The Hall–Kier alpha value is -4.32. The van der Waals surface area contributed by atoms with Crippen LogP contribution in [-0.2, 0) is 17.5 Å². The largest absolute Gasteiger partial charge is 0.494 e. The zero-order valence-corrected chi connectivity index (χ0v) is 20.1. The lowest BCUT2D eigenvalue weighted by atomic mass is 10.1. The molecule has 0 saturated heterocycles. The zero-order valence-electron chi connectivity index (χ0n) is 19.3. The van der Waals surface area contributed by atoms with Gasteiger partial charge >= 0.3 is 12.1 Å². The third-order valence-electron chi connectivity index (χ3n) is 5.82. The van der Waals surface area contributed by atoms with Gasteiger partial charge in [-0.1, -0.05) is 12.1 Å². The first kappa shape index (κ1) is 24.4. The molecule has 2 aromatic heterocycles. The molecule has 0 aliphatic carbocycles. The van der Waals surface area contributed by atoms with E-state index in [4.69, 9.17) is 9.47 Å². The number of imide groups is 1. The summed E-state index contributed by atoms with van der Waals surface area (Å²) in [6, 6.07) is 11.5. The number of carbonyl (C=O) groups is 3. The molecule has 0 bridgehead atoms. The Morgan fingerprint density at radius 1 is 0.946 bits per heavy atom. The maximum Gasteiger partial charge on any atom is 0.433 e. The fourth-order valence-electron chi connectivity index (χ4n) is 4.06. The Kier molecular flexibility index (Phi) is 5.91. The van der Waals surface area contributed by atoms with Crippen molar-refractivity contribution in [3.05, 3.63) is 75.9 Å². The fraction of sp³-hybridized carbons (Fsp3) is 0.160. The van der Waals surface area contributed by atoms with Crippen molar-refractivity contribution in [2.45, 2.75) is 12.7 Å². The molecule has 12 heteroatoms. The monoisotopic (exact) mass is 527 g/mol. The average Bonchev–Trinajstić information content (AvgIpc) is 3.42. The predicted molar refractivity (Wildman–Crippen MR) is 126 cm³/mol. The van der Waals surface area contributed by atoms with E-state index in [-0.39, 0.29) is 44.5 Å². The number of rotatable bonds is 5. The van der Waals surface area contributed by atoms with Crippen molar-refractivity contribution in [2.75, 3.05) is 14.2 Å². The first-order valence-corrected chi connectivity index (χ1v) is 11.5. The molecule has 1 aliphatic heterocycles. The maximum atomic E-state index is 13.3. The molecule has 1 aliphatic rings. The Morgan fingerprint density at radius 2 is 1.62 bits per heavy atom. The smallest absolute Gasteiger partial charge is 0.433 e. The first-order valence-electron chi connectivity index (χ1n) is 10.7. The molecule has 0 radical (unpaired) electrons. The number of hydrogen-bond acceptors (Lipinski definition) is 8. The molecule has 0 spiro atoms. The lowest BCUT2D eigenvalue weighted by Gasteiger charge is -2.13. The number of aromatic nitrogens is 2. The van der Waals surface area contributed by atoms with Crippen LogP contribution in [0.1, 0.15) is 41.8 Å². The van der Waals surface area contributed by atoms with Crippen LogP contribution in [0.25, 0.3) is 21.5 Å². The molecular formula is C25H16F3N3O5S. The minimum absolute atomic E-state index is 0.0356. The molecule has 0 N–H and O–H groups in total. The Balaban J connectivity index is 1.61. The molecule has 4 aromatic rings. The van der Waals surface area contributed by atoms with Crippen molar-refractivity contribution in [1.29, 1.82) is 0 Å². The molecule has 37 heavy (non-hydrogen) atoms. The van der Waals surface area contributed by atoms with Crippen LogP contribution in [0.5, 0.6) is 5.75 Å². The van der Waals surface area contributed by atoms with Crippen LogP contribution in [-0.4, -0.2) is 46.9 Å². The van der Waals surface area contributed by atoms with Crippen molar-refractivity contribution in [3.8, 4) is 16.3 Å². The third-order valence-corrected chi connectivity index (χ3v) is 6.89. The van der Waals surface area contributed by atoms with Crippen molar-refractivity contribution in [3.63, 3.8) is 0 Å². The van der Waals surface area contributed by atoms with Gasteiger partial charge in [0.15, 0.2) is 5.69 Å². The topological polar surface area (TPSA) is 98.7 Å². The molecule has 0 atom stereocenters. The van der Waals surface area contributed by atoms with Crippen LogP contribution in [0.3, 0.4) is 0 Å². The number of fused-ring (bicyclic) bond motifs is 2. The fourth-order valence-corrected chi connectivity index (χ4v) is 5.14. The van der Waals surface area contributed by atoms with Gasteiger partial charge < -0.3 is 9.47 Å². The van der Waals surface area contributed by atoms with Gasteiger partial charge in [-0.2, -0.15) is 13.2 Å². The summed E-state index contributed by atoms with van der Waals surface area (Å²) in [7, 11) is 2.48. The Labute approximate surface area is 211 Å². The molecular weight excluding hydrogens is 511 g/mol. The molecule has 0 saturated carbocycles. The van der Waals surface area contributed by atoms with Gasteiger partial charge in [0.25, 0.3) is 11.8 Å². The number of amides is 2. The van der Waals surface area contributed by atoms with Gasteiger partial charge in [0.05, 0.1) is 36.8 Å². The van der Waals surface area contributed by atoms with Gasteiger partial charge in [-0.25, -0.2) is 14.8 Å². The standard InChI is InChI=1S/C25H16F3N3O5S/c1-35-16-9-7-13(12-8-10-18(25(26,27)28)29-19(12)16)21-30-20(24(34)36-2)17(37-21)11-31-22(32)14-5-3-4-6-15(14)23(31)33/h3-10H,11H2,1-2H3. The van der Waals surface area contributed by atoms with Gasteiger partial charge in [0, 0.05) is 10.9 Å². The lowest BCUT2D eigenvalue weighted by molar-refractivity contribution is -0.140. The van der Waals surface area contributed by atoms with Crippen molar-refractivity contribution in [2.24, 2.45) is 0 Å². The van der Waals surface area contributed by atoms with Crippen LogP contribution in [0.15, 0.2) is 48.5 Å². The van der Waals surface area contributed by atoms with Gasteiger partial charge in [0.1, 0.15) is 22.0 Å². The predicted octanol–water partition coefficient (Wildman–Crippen LogP) is 4.97. The second kappa shape index (κ2) is 8.96. The summed E-state index contributed by atoms with van der Waals surface area (Å²) in [5, 5.41) is 0.575. The summed E-state index contributed by atoms with van der Waals surface area (Å²) in [5.41, 5.74) is -0.333. The number of ether oxygens (including phenoxy) is 2. The van der Waals surface area contributed by atoms with E-state index in [0.717, 1.165) is 22.3 Å². The molecule has 188 valence electrons. The summed E-state index contributed by atoms with van der Waals surface area (Å²) in [6.45, 7) is -0.237. The van der Waals surface area contributed by atoms with E-state index < -0.39 is 29.7 Å². The number of esters is 1. The third kappa shape index (κ3) is 4.08. The van der Waals surface area contributed by atoms with Crippen LogP contribution in [0.4, 0.5) is 13.2 Å². The average molecular weight is 527 g/mol. The van der Waals surface area contributed by atoms with Crippen LogP contribution < -0.4 is 4.74 Å². The van der Waals surface area contributed by atoms with E-state index in [1.165, 1.54) is 26.4 Å². The molecule has 8 nitrogen and oxygen atoms in total. The van der Waals surface area contributed by atoms with Crippen molar-refractivity contribution < 1.29 is 37.0 Å². The summed E-state index contributed by atoms with van der Waals surface area (Å²) in [5.74, 6) is -1.68. The van der Waals surface area contributed by atoms with Gasteiger partial charge in [0.2, 0.25) is 0 Å². The number of hydrogen-bond donors (Lipinski definition) is 0. The molecule has 2 amide bonds. The zero-order chi connectivity index (χ0) is 26.5.